The number of esters is 2. The molecule has 3 rings (SSSR count). The molecule has 0 aliphatic carbocycles. The zero-order valence-electron chi connectivity index (χ0n) is 16.7. The molecular weight excluding hydrogens is 372 g/mol. The number of fused-ring (bicyclic) bond motifs is 1. The Balaban J connectivity index is 1.82. The Morgan fingerprint density at radius 3 is 2.28 bits per heavy atom. The zero-order chi connectivity index (χ0) is 21.0. The van der Waals surface area contributed by atoms with Crippen LogP contribution in [0.1, 0.15) is 39.6 Å². The molecule has 0 bridgehead atoms. The van der Waals surface area contributed by atoms with E-state index < -0.39 is 11.9 Å². The summed E-state index contributed by atoms with van der Waals surface area (Å²) in [6.07, 6.45) is 1.95. The molecule has 0 fully saturated rings. The molecule has 0 saturated carbocycles. The summed E-state index contributed by atoms with van der Waals surface area (Å²) in [5, 5.41) is 2.78. The van der Waals surface area contributed by atoms with Crippen LogP contribution in [0.15, 0.2) is 42.5 Å². The average molecular weight is 396 g/mol. The Morgan fingerprint density at radius 1 is 1.03 bits per heavy atom. The molecule has 0 radical (unpaired) electrons. The van der Waals surface area contributed by atoms with Gasteiger partial charge in [-0.25, -0.2) is 9.59 Å². The van der Waals surface area contributed by atoms with Crippen molar-refractivity contribution in [3.05, 3.63) is 59.2 Å². The lowest BCUT2D eigenvalue weighted by Gasteiger charge is -2.36. The second-order valence-corrected chi connectivity index (χ2v) is 6.97. The number of rotatable bonds is 5. The topological polar surface area (TPSA) is 84.9 Å². The molecule has 1 atom stereocenters. The van der Waals surface area contributed by atoms with Crippen molar-refractivity contribution < 1.29 is 23.9 Å². The van der Waals surface area contributed by atoms with Crippen molar-refractivity contribution in [1.82, 2.24) is 0 Å². The maximum Gasteiger partial charge on any atom is 0.337 e. The van der Waals surface area contributed by atoms with Crippen molar-refractivity contribution in [2.24, 2.45) is 0 Å². The predicted molar refractivity (Wildman–Crippen MR) is 109 cm³/mol. The highest BCUT2D eigenvalue weighted by atomic mass is 16.5. The van der Waals surface area contributed by atoms with Crippen LogP contribution in [-0.2, 0) is 20.7 Å². The predicted octanol–water partition coefficient (Wildman–Crippen LogP) is 3.04. The van der Waals surface area contributed by atoms with Gasteiger partial charge in [-0.3, -0.25) is 4.79 Å². The monoisotopic (exact) mass is 396 g/mol. The summed E-state index contributed by atoms with van der Waals surface area (Å²) in [5.41, 5.74) is 2.92. The molecule has 2 aromatic carbocycles. The quantitative estimate of drug-likeness (QED) is 0.782. The number of aryl methyl sites for hydroxylation is 1. The summed E-state index contributed by atoms with van der Waals surface area (Å²) in [6, 6.07) is 12.6. The molecule has 152 valence electrons. The Bertz CT molecular complexity index is 906. The molecule has 0 aromatic heterocycles. The third-order valence-corrected chi connectivity index (χ3v) is 5.04. The molecule has 1 heterocycles. The molecule has 0 saturated heterocycles. The SMILES string of the molecule is COC(=O)c1cc(NC(=O)CN2c3ccccc3CC[C@H]2C)cc(C(=O)OC)c1. The summed E-state index contributed by atoms with van der Waals surface area (Å²) in [4.78, 5) is 38.7. The largest absolute Gasteiger partial charge is 0.465 e. The van der Waals surface area contributed by atoms with Gasteiger partial charge in [-0.2, -0.15) is 0 Å². The fraction of sp³-hybridized carbons (Fsp3) is 0.318. The number of hydrogen-bond acceptors (Lipinski definition) is 6. The highest BCUT2D eigenvalue weighted by Crippen LogP contribution is 2.30. The second kappa shape index (κ2) is 8.77. The molecule has 2 aromatic rings. The molecule has 0 unspecified atom stereocenters. The van der Waals surface area contributed by atoms with Crippen molar-refractivity contribution in [2.75, 3.05) is 31.0 Å². The minimum atomic E-state index is -0.607. The molecule has 1 N–H and O–H groups in total. The van der Waals surface area contributed by atoms with E-state index in [0.717, 1.165) is 18.5 Å². The third kappa shape index (κ3) is 4.56. The number of anilines is 2. The summed E-state index contributed by atoms with van der Waals surface area (Å²) in [7, 11) is 2.50. The Kier molecular flexibility index (Phi) is 6.16. The van der Waals surface area contributed by atoms with Crippen molar-refractivity contribution in [1.29, 1.82) is 0 Å². The van der Waals surface area contributed by atoms with Gasteiger partial charge < -0.3 is 19.7 Å². The van der Waals surface area contributed by atoms with Gasteiger partial charge in [-0.1, -0.05) is 18.2 Å². The van der Waals surface area contributed by atoms with E-state index >= 15 is 0 Å². The van der Waals surface area contributed by atoms with Gasteiger partial charge in [0.15, 0.2) is 0 Å². The Hall–Kier alpha value is -3.35. The molecule has 1 aliphatic heterocycles. The van der Waals surface area contributed by atoms with Gasteiger partial charge >= 0.3 is 11.9 Å². The van der Waals surface area contributed by atoms with Crippen LogP contribution in [0.3, 0.4) is 0 Å². The lowest BCUT2D eigenvalue weighted by atomic mass is 9.96. The fourth-order valence-corrected chi connectivity index (χ4v) is 3.53. The lowest BCUT2D eigenvalue weighted by Crippen LogP contribution is -2.42. The van der Waals surface area contributed by atoms with Gasteiger partial charge in [0.05, 0.1) is 31.9 Å². The van der Waals surface area contributed by atoms with Gasteiger partial charge in [-0.15, -0.1) is 0 Å². The molecule has 29 heavy (non-hydrogen) atoms. The first-order chi connectivity index (χ1) is 13.9. The number of nitrogens with zero attached hydrogens (tertiary/aromatic N) is 1. The van der Waals surface area contributed by atoms with Gasteiger partial charge in [-0.05, 0) is 49.6 Å². The molecule has 1 amide bonds. The van der Waals surface area contributed by atoms with E-state index in [4.69, 9.17) is 9.47 Å². The maximum atomic E-state index is 12.8. The molecule has 7 nitrogen and oxygen atoms in total. The molecule has 0 spiro atoms. The number of carbonyl (C=O) groups excluding carboxylic acids is 3. The number of hydrogen-bond donors (Lipinski definition) is 1. The number of benzene rings is 2. The maximum absolute atomic E-state index is 12.8. The van der Waals surface area contributed by atoms with Crippen molar-refractivity contribution in [3.8, 4) is 0 Å². The van der Waals surface area contributed by atoms with Crippen LogP contribution in [0.5, 0.6) is 0 Å². The van der Waals surface area contributed by atoms with Crippen molar-refractivity contribution in [3.63, 3.8) is 0 Å². The van der Waals surface area contributed by atoms with E-state index in [0.29, 0.717) is 5.69 Å². The smallest absolute Gasteiger partial charge is 0.337 e. The van der Waals surface area contributed by atoms with Gasteiger partial charge in [0.1, 0.15) is 0 Å². The average Bonchev–Trinajstić information content (AvgIpc) is 2.74. The van der Waals surface area contributed by atoms with E-state index in [-0.39, 0.29) is 29.6 Å². The van der Waals surface area contributed by atoms with Gasteiger partial charge in [0.2, 0.25) is 5.91 Å². The number of nitrogens with one attached hydrogen (secondary N) is 1. The number of ether oxygens (including phenoxy) is 2. The van der Waals surface area contributed by atoms with Crippen LogP contribution in [-0.4, -0.2) is 44.7 Å². The van der Waals surface area contributed by atoms with Crippen LogP contribution in [0.25, 0.3) is 0 Å². The first-order valence-electron chi connectivity index (χ1n) is 9.39. The van der Waals surface area contributed by atoms with Gasteiger partial charge in [0, 0.05) is 17.4 Å². The zero-order valence-corrected chi connectivity index (χ0v) is 16.7. The van der Waals surface area contributed by atoms with Crippen molar-refractivity contribution >= 4 is 29.2 Å². The van der Waals surface area contributed by atoms with E-state index in [1.807, 2.05) is 18.2 Å². The second-order valence-electron chi connectivity index (χ2n) is 6.97. The fourth-order valence-electron chi connectivity index (χ4n) is 3.53. The van der Waals surface area contributed by atoms with Crippen LogP contribution in [0.2, 0.25) is 0 Å². The summed E-state index contributed by atoms with van der Waals surface area (Å²) < 4.78 is 9.45. The van der Waals surface area contributed by atoms with Crippen LogP contribution in [0.4, 0.5) is 11.4 Å². The molecule has 7 heteroatoms. The van der Waals surface area contributed by atoms with Crippen LogP contribution in [0, 0.1) is 0 Å². The van der Waals surface area contributed by atoms with E-state index in [1.54, 1.807) is 0 Å². The Morgan fingerprint density at radius 2 is 1.66 bits per heavy atom. The van der Waals surface area contributed by atoms with Crippen LogP contribution >= 0.6 is 0 Å². The summed E-state index contributed by atoms with van der Waals surface area (Å²) in [5.74, 6) is -1.46. The van der Waals surface area contributed by atoms with E-state index in [1.165, 1.54) is 38.0 Å². The first-order valence-corrected chi connectivity index (χ1v) is 9.39. The van der Waals surface area contributed by atoms with Crippen LogP contribution < -0.4 is 10.2 Å². The number of amides is 1. The van der Waals surface area contributed by atoms with E-state index in [2.05, 4.69) is 23.2 Å². The summed E-state index contributed by atoms with van der Waals surface area (Å²) >= 11 is 0. The number of para-hydroxylation sites is 1. The minimum Gasteiger partial charge on any atom is -0.465 e. The lowest BCUT2D eigenvalue weighted by molar-refractivity contribution is -0.115. The Labute approximate surface area is 169 Å². The molecular formula is C22H24N2O5. The van der Waals surface area contributed by atoms with Gasteiger partial charge in [0.25, 0.3) is 0 Å². The minimum absolute atomic E-state index is 0.155. The normalized spacial score (nSPS) is 15.3. The highest BCUT2D eigenvalue weighted by molar-refractivity contribution is 6.00. The van der Waals surface area contributed by atoms with E-state index in [9.17, 15) is 14.4 Å². The number of methoxy groups -OCH3 is 2. The highest BCUT2D eigenvalue weighted by Gasteiger charge is 2.25. The molecule has 1 aliphatic rings. The van der Waals surface area contributed by atoms with Crippen molar-refractivity contribution in [2.45, 2.75) is 25.8 Å². The standard InChI is InChI=1S/C22H24N2O5/c1-14-8-9-15-6-4-5-7-19(15)24(14)13-20(25)23-18-11-16(21(26)28-2)10-17(12-18)22(27)29-3/h4-7,10-12,14H,8-9,13H2,1-3H3,(H,23,25)/t14-/m1/s1. The first kappa shape index (κ1) is 20.4. The third-order valence-electron chi connectivity index (χ3n) is 5.04. The summed E-state index contributed by atoms with van der Waals surface area (Å²) in [6.45, 7) is 2.25. The number of carbonyl (C=O) groups is 3.